The van der Waals surface area contributed by atoms with Crippen LogP contribution in [0.3, 0.4) is 0 Å². The molecule has 36 heavy (non-hydrogen) atoms. The zero-order valence-electron chi connectivity index (χ0n) is 19.4. The first-order valence-electron chi connectivity index (χ1n) is 11.3. The number of ether oxygens (including phenoxy) is 1. The third-order valence-electron chi connectivity index (χ3n) is 6.51. The largest absolute Gasteiger partial charge is 0.394 e. The Kier molecular flexibility index (Phi) is 6.33. The average Bonchev–Trinajstić information content (AvgIpc) is 3.54. The van der Waals surface area contributed by atoms with E-state index < -0.39 is 48.4 Å². The van der Waals surface area contributed by atoms with Gasteiger partial charge in [0.25, 0.3) is 0 Å². The van der Waals surface area contributed by atoms with Gasteiger partial charge in [0.05, 0.1) is 18.8 Å². The molecule has 0 aliphatic carbocycles. The molecule has 188 valence electrons. The van der Waals surface area contributed by atoms with Crippen LogP contribution in [0.1, 0.15) is 35.5 Å². The summed E-state index contributed by atoms with van der Waals surface area (Å²) >= 11 is 0. The SMILES string of the molecule is Cc1ccc(-n2cnnc2C2CC(n3cc(-c4cc(F)c(F)c(F)c4)nn3)C(O)C(CO)O2)cc1C. The molecule has 0 spiro atoms. The van der Waals surface area contributed by atoms with Crippen molar-refractivity contribution >= 4 is 0 Å². The zero-order chi connectivity index (χ0) is 25.6. The highest BCUT2D eigenvalue weighted by Gasteiger charge is 2.41. The van der Waals surface area contributed by atoms with Gasteiger partial charge >= 0.3 is 0 Å². The molecule has 12 heteroatoms. The van der Waals surface area contributed by atoms with Crippen molar-refractivity contribution in [3.05, 3.63) is 77.3 Å². The number of aromatic nitrogens is 6. The first-order chi connectivity index (χ1) is 17.3. The molecule has 3 heterocycles. The van der Waals surface area contributed by atoms with Gasteiger partial charge in [0.1, 0.15) is 30.3 Å². The van der Waals surface area contributed by atoms with Crippen LogP contribution in [-0.4, -0.2) is 58.8 Å². The van der Waals surface area contributed by atoms with E-state index in [4.69, 9.17) is 4.74 Å². The number of aryl methyl sites for hydroxylation is 2. The van der Waals surface area contributed by atoms with E-state index in [1.54, 1.807) is 10.9 Å². The van der Waals surface area contributed by atoms with E-state index in [1.807, 2.05) is 32.0 Å². The van der Waals surface area contributed by atoms with E-state index in [9.17, 15) is 23.4 Å². The summed E-state index contributed by atoms with van der Waals surface area (Å²) in [4.78, 5) is 0. The van der Waals surface area contributed by atoms with Crippen molar-refractivity contribution < 1.29 is 28.1 Å². The van der Waals surface area contributed by atoms with E-state index in [-0.39, 0.29) is 17.7 Å². The van der Waals surface area contributed by atoms with E-state index in [1.165, 1.54) is 10.9 Å². The molecular formula is C24H23F3N6O3. The van der Waals surface area contributed by atoms with Gasteiger partial charge in [-0.15, -0.1) is 15.3 Å². The van der Waals surface area contributed by atoms with Crippen LogP contribution in [0, 0.1) is 31.3 Å². The average molecular weight is 500 g/mol. The number of hydrogen-bond donors (Lipinski definition) is 2. The molecule has 1 aliphatic heterocycles. The third kappa shape index (κ3) is 4.27. The van der Waals surface area contributed by atoms with E-state index in [0.29, 0.717) is 5.82 Å². The van der Waals surface area contributed by atoms with Gasteiger partial charge in [0, 0.05) is 17.7 Å². The molecule has 1 fully saturated rings. The molecule has 2 aromatic carbocycles. The summed E-state index contributed by atoms with van der Waals surface area (Å²) < 4.78 is 49.9. The molecule has 4 atom stereocenters. The Bertz CT molecular complexity index is 1380. The number of hydrogen-bond acceptors (Lipinski definition) is 7. The number of halogens is 3. The number of aliphatic hydroxyl groups is 2. The van der Waals surface area contributed by atoms with E-state index in [2.05, 4.69) is 20.5 Å². The fourth-order valence-corrected chi connectivity index (χ4v) is 4.35. The maximum Gasteiger partial charge on any atom is 0.194 e. The summed E-state index contributed by atoms with van der Waals surface area (Å²) in [6.07, 6.45) is 0.337. The predicted octanol–water partition coefficient (Wildman–Crippen LogP) is 2.98. The molecule has 4 unspecified atom stereocenters. The Morgan fingerprint density at radius 2 is 1.81 bits per heavy atom. The van der Waals surface area contributed by atoms with E-state index >= 15 is 0 Å². The van der Waals surface area contributed by atoms with Crippen molar-refractivity contribution in [1.29, 1.82) is 0 Å². The Morgan fingerprint density at radius 1 is 1.06 bits per heavy atom. The van der Waals surface area contributed by atoms with Crippen LogP contribution in [0.5, 0.6) is 0 Å². The van der Waals surface area contributed by atoms with Gasteiger partial charge in [0.15, 0.2) is 23.3 Å². The normalized spacial score (nSPS) is 22.2. The number of nitrogens with zero attached hydrogens (tertiary/aromatic N) is 6. The lowest BCUT2D eigenvalue weighted by Gasteiger charge is -2.38. The summed E-state index contributed by atoms with van der Waals surface area (Å²) in [5, 5.41) is 37.0. The number of rotatable bonds is 5. The van der Waals surface area contributed by atoms with Crippen molar-refractivity contribution in [3.63, 3.8) is 0 Å². The minimum atomic E-state index is -1.58. The highest BCUT2D eigenvalue weighted by molar-refractivity contribution is 5.58. The van der Waals surface area contributed by atoms with Crippen molar-refractivity contribution in [1.82, 2.24) is 29.8 Å². The lowest BCUT2D eigenvalue weighted by Crippen LogP contribution is -2.45. The van der Waals surface area contributed by atoms with Crippen molar-refractivity contribution in [3.8, 4) is 16.9 Å². The summed E-state index contributed by atoms with van der Waals surface area (Å²) in [5.74, 6) is -3.81. The van der Waals surface area contributed by atoms with Crippen LogP contribution in [0.15, 0.2) is 42.9 Å². The Hall–Kier alpha value is -3.61. The van der Waals surface area contributed by atoms with Crippen molar-refractivity contribution in [2.45, 2.75) is 44.6 Å². The highest BCUT2D eigenvalue weighted by atomic mass is 19.2. The number of aliphatic hydroxyl groups excluding tert-OH is 2. The molecule has 5 rings (SSSR count). The minimum absolute atomic E-state index is 0.0102. The van der Waals surface area contributed by atoms with Gasteiger partial charge in [-0.25, -0.2) is 17.9 Å². The van der Waals surface area contributed by atoms with Crippen LogP contribution in [0.2, 0.25) is 0 Å². The summed E-state index contributed by atoms with van der Waals surface area (Å²) in [7, 11) is 0. The van der Waals surface area contributed by atoms with Gasteiger partial charge in [-0.3, -0.25) is 4.57 Å². The van der Waals surface area contributed by atoms with Gasteiger partial charge < -0.3 is 14.9 Å². The third-order valence-corrected chi connectivity index (χ3v) is 6.51. The van der Waals surface area contributed by atoms with Crippen molar-refractivity contribution in [2.75, 3.05) is 6.61 Å². The van der Waals surface area contributed by atoms with Crippen LogP contribution in [0.4, 0.5) is 13.2 Å². The molecule has 1 aliphatic rings. The predicted molar refractivity (Wildman–Crippen MR) is 121 cm³/mol. The Balaban J connectivity index is 1.47. The second-order valence-electron chi connectivity index (χ2n) is 8.80. The van der Waals surface area contributed by atoms with Crippen molar-refractivity contribution in [2.24, 2.45) is 0 Å². The second kappa shape index (κ2) is 9.45. The molecule has 2 N–H and O–H groups in total. The smallest absolute Gasteiger partial charge is 0.194 e. The number of benzene rings is 2. The van der Waals surface area contributed by atoms with Crippen LogP contribution in [0.25, 0.3) is 16.9 Å². The highest BCUT2D eigenvalue weighted by Crippen LogP contribution is 2.38. The lowest BCUT2D eigenvalue weighted by molar-refractivity contribution is -0.161. The summed E-state index contributed by atoms with van der Waals surface area (Å²) in [5.41, 5.74) is 3.12. The lowest BCUT2D eigenvalue weighted by atomic mass is 9.95. The monoisotopic (exact) mass is 500 g/mol. The molecule has 9 nitrogen and oxygen atoms in total. The fraction of sp³-hybridized carbons (Fsp3) is 0.333. The van der Waals surface area contributed by atoms with Gasteiger partial charge in [-0.05, 0) is 49.2 Å². The minimum Gasteiger partial charge on any atom is -0.394 e. The molecule has 1 saturated heterocycles. The summed E-state index contributed by atoms with van der Waals surface area (Å²) in [6, 6.07) is 6.82. The standard InChI is InChI=1S/C24H23F3N6O3/c1-12-3-4-15(5-13(12)2)32-11-28-30-24(32)20-8-19(23(35)21(10-34)36-20)33-9-18(29-31-33)14-6-16(25)22(27)17(26)7-14/h3-7,9,11,19-21,23,34-35H,8,10H2,1-2H3. The quantitative estimate of drug-likeness (QED) is 0.406. The first-order valence-corrected chi connectivity index (χ1v) is 11.3. The topological polar surface area (TPSA) is 111 Å². The van der Waals surface area contributed by atoms with Crippen LogP contribution >= 0.6 is 0 Å². The molecule has 0 saturated carbocycles. The van der Waals surface area contributed by atoms with Crippen LogP contribution in [-0.2, 0) is 4.74 Å². The van der Waals surface area contributed by atoms with Gasteiger partial charge in [-0.2, -0.15) is 0 Å². The molecule has 0 radical (unpaired) electrons. The maximum absolute atomic E-state index is 13.7. The maximum atomic E-state index is 13.7. The van der Waals surface area contributed by atoms with Gasteiger partial charge in [0.2, 0.25) is 0 Å². The Morgan fingerprint density at radius 3 is 2.50 bits per heavy atom. The second-order valence-corrected chi connectivity index (χ2v) is 8.80. The van der Waals surface area contributed by atoms with Crippen LogP contribution < -0.4 is 0 Å². The fourth-order valence-electron chi connectivity index (χ4n) is 4.35. The van der Waals surface area contributed by atoms with Gasteiger partial charge in [-0.1, -0.05) is 11.3 Å². The molecule has 0 amide bonds. The molecular weight excluding hydrogens is 477 g/mol. The zero-order valence-corrected chi connectivity index (χ0v) is 19.4. The molecule has 4 aromatic rings. The van der Waals surface area contributed by atoms with E-state index in [0.717, 1.165) is 28.9 Å². The molecule has 0 bridgehead atoms. The first kappa shape index (κ1) is 24.1. The molecule has 2 aromatic heterocycles. The summed E-state index contributed by atoms with van der Waals surface area (Å²) in [6.45, 7) is 3.53. The Labute approximate surface area is 203 Å².